The molecule has 2 aromatic heterocycles. The Morgan fingerprint density at radius 2 is 1.89 bits per heavy atom. The number of aryl methyl sites for hydroxylation is 1. The van der Waals surface area contributed by atoms with Crippen LogP contribution in [0.4, 0.5) is 5.69 Å². The Morgan fingerprint density at radius 3 is 2.67 bits per heavy atom. The SMILES string of the molecule is Cc1cc(=O)c(C(=O)Nc2ccc3oc(=O)[nH]c3c2)nn1-c1ccccc1. The molecule has 1 amide bonds. The molecular weight excluding hydrogens is 348 g/mol. The minimum Gasteiger partial charge on any atom is -0.408 e. The Morgan fingerprint density at radius 1 is 1.11 bits per heavy atom. The monoisotopic (exact) mass is 362 g/mol. The molecule has 2 aromatic carbocycles. The number of oxazole rings is 1. The molecule has 8 heteroatoms. The van der Waals surface area contributed by atoms with Crippen molar-refractivity contribution in [2.75, 3.05) is 5.32 Å². The summed E-state index contributed by atoms with van der Waals surface area (Å²) in [4.78, 5) is 38.6. The van der Waals surface area contributed by atoms with Gasteiger partial charge in [0.25, 0.3) is 5.91 Å². The van der Waals surface area contributed by atoms with Crippen LogP contribution in [-0.4, -0.2) is 20.7 Å². The van der Waals surface area contributed by atoms with Gasteiger partial charge in [-0.05, 0) is 37.3 Å². The number of amides is 1. The first-order chi connectivity index (χ1) is 13.0. The molecule has 0 fully saturated rings. The number of nitrogens with one attached hydrogen (secondary N) is 2. The van der Waals surface area contributed by atoms with Gasteiger partial charge in [-0.2, -0.15) is 5.10 Å². The van der Waals surface area contributed by atoms with Gasteiger partial charge in [0.15, 0.2) is 11.3 Å². The number of benzene rings is 2. The first kappa shape index (κ1) is 16.5. The fourth-order valence-electron chi connectivity index (χ4n) is 2.76. The van der Waals surface area contributed by atoms with Crippen LogP contribution in [0.1, 0.15) is 16.2 Å². The Labute approximate surface area is 152 Å². The normalized spacial score (nSPS) is 10.9. The van der Waals surface area contributed by atoms with Gasteiger partial charge in [-0.25, -0.2) is 9.48 Å². The number of para-hydroxylation sites is 1. The average Bonchev–Trinajstić information content (AvgIpc) is 3.01. The number of hydrogen-bond donors (Lipinski definition) is 2. The lowest BCUT2D eigenvalue weighted by Gasteiger charge is -2.11. The topological polar surface area (TPSA) is 110 Å². The molecule has 0 aliphatic rings. The van der Waals surface area contributed by atoms with Gasteiger partial charge in [0.05, 0.1) is 11.2 Å². The molecule has 2 heterocycles. The minimum atomic E-state index is -0.644. The molecule has 0 radical (unpaired) electrons. The summed E-state index contributed by atoms with van der Waals surface area (Å²) in [5, 5.41) is 6.84. The molecule has 0 aliphatic heterocycles. The summed E-state index contributed by atoms with van der Waals surface area (Å²) in [5.74, 6) is -1.23. The van der Waals surface area contributed by atoms with E-state index in [1.807, 2.05) is 30.3 Å². The first-order valence-electron chi connectivity index (χ1n) is 8.12. The van der Waals surface area contributed by atoms with Crippen LogP contribution >= 0.6 is 0 Å². The van der Waals surface area contributed by atoms with Gasteiger partial charge >= 0.3 is 5.76 Å². The maximum atomic E-state index is 12.6. The van der Waals surface area contributed by atoms with E-state index in [4.69, 9.17) is 4.42 Å². The molecule has 4 rings (SSSR count). The number of fused-ring (bicyclic) bond motifs is 1. The lowest BCUT2D eigenvalue weighted by Crippen LogP contribution is -2.26. The molecule has 0 spiro atoms. The van der Waals surface area contributed by atoms with Crippen molar-refractivity contribution in [1.82, 2.24) is 14.8 Å². The summed E-state index contributed by atoms with van der Waals surface area (Å²) in [6.45, 7) is 1.74. The van der Waals surface area contributed by atoms with Crippen LogP contribution in [0.5, 0.6) is 0 Å². The highest BCUT2D eigenvalue weighted by atomic mass is 16.4. The standard InChI is InChI=1S/C19H14N4O4/c1-11-9-15(24)17(22-23(11)13-5-3-2-4-6-13)18(25)20-12-7-8-16-14(10-12)21-19(26)27-16/h2-10H,1H3,(H,20,25)(H,21,26). The Hall–Kier alpha value is -3.94. The minimum absolute atomic E-state index is 0.231. The van der Waals surface area contributed by atoms with E-state index < -0.39 is 17.1 Å². The quantitative estimate of drug-likeness (QED) is 0.581. The molecule has 27 heavy (non-hydrogen) atoms. The fourth-order valence-corrected chi connectivity index (χ4v) is 2.76. The van der Waals surface area contributed by atoms with Gasteiger partial charge in [0.2, 0.25) is 5.43 Å². The van der Waals surface area contributed by atoms with Crippen LogP contribution in [0.2, 0.25) is 0 Å². The third-order valence-electron chi connectivity index (χ3n) is 4.00. The highest BCUT2D eigenvalue weighted by Gasteiger charge is 2.16. The number of aromatic amines is 1. The van der Waals surface area contributed by atoms with Crippen molar-refractivity contribution in [2.24, 2.45) is 0 Å². The predicted octanol–water partition coefficient (Wildman–Crippen LogP) is 2.23. The van der Waals surface area contributed by atoms with E-state index in [-0.39, 0.29) is 5.69 Å². The van der Waals surface area contributed by atoms with Gasteiger partial charge < -0.3 is 9.73 Å². The number of H-pyrrole nitrogens is 1. The zero-order valence-corrected chi connectivity index (χ0v) is 14.2. The van der Waals surface area contributed by atoms with Crippen LogP contribution < -0.4 is 16.5 Å². The maximum absolute atomic E-state index is 12.6. The molecule has 2 N–H and O–H groups in total. The summed E-state index contributed by atoms with van der Waals surface area (Å²) in [7, 11) is 0. The van der Waals surface area contributed by atoms with E-state index in [2.05, 4.69) is 15.4 Å². The van der Waals surface area contributed by atoms with Crippen LogP contribution in [0, 0.1) is 6.92 Å². The van der Waals surface area contributed by atoms with Crippen molar-refractivity contribution in [1.29, 1.82) is 0 Å². The summed E-state index contributed by atoms with van der Waals surface area (Å²) < 4.78 is 6.45. The van der Waals surface area contributed by atoms with E-state index in [9.17, 15) is 14.4 Å². The van der Waals surface area contributed by atoms with Crippen LogP contribution in [-0.2, 0) is 0 Å². The maximum Gasteiger partial charge on any atom is 0.417 e. The third-order valence-corrected chi connectivity index (χ3v) is 4.00. The second-order valence-corrected chi connectivity index (χ2v) is 5.93. The average molecular weight is 362 g/mol. The largest absolute Gasteiger partial charge is 0.417 e. The first-order valence-corrected chi connectivity index (χ1v) is 8.12. The number of carbonyl (C=O) groups is 1. The molecule has 0 atom stereocenters. The smallest absolute Gasteiger partial charge is 0.408 e. The van der Waals surface area contributed by atoms with Gasteiger partial charge in [0, 0.05) is 17.4 Å². The van der Waals surface area contributed by atoms with Crippen molar-refractivity contribution < 1.29 is 9.21 Å². The third kappa shape index (κ3) is 3.15. The predicted molar refractivity (Wildman–Crippen MR) is 99.4 cm³/mol. The summed E-state index contributed by atoms with van der Waals surface area (Å²) in [6, 6.07) is 15.2. The van der Waals surface area contributed by atoms with E-state index >= 15 is 0 Å². The zero-order chi connectivity index (χ0) is 19.0. The van der Waals surface area contributed by atoms with Crippen molar-refractivity contribution in [2.45, 2.75) is 6.92 Å². The van der Waals surface area contributed by atoms with Crippen LogP contribution in [0.25, 0.3) is 16.8 Å². The molecule has 134 valence electrons. The molecular formula is C19H14N4O4. The zero-order valence-electron chi connectivity index (χ0n) is 14.2. The van der Waals surface area contributed by atoms with Gasteiger partial charge in [-0.15, -0.1) is 0 Å². The number of aromatic nitrogens is 3. The Bertz CT molecular complexity index is 1270. The van der Waals surface area contributed by atoms with Crippen molar-refractivity contribution in [3.63, 3.8) is 0 Å². The summed E-state index contributed by atoms with van der Waals surface area (Å²) in [6.07, 6.45) is 0. The number of anilines is 1. The molecule has 0 bridgehead atoms. The van der Waals surface area contributed by atoms with Crippen molar-refractivity contribution in [3.8, 4) is 5.69 Å². The van der Waals surface area contributed by atoms with E-state index in [1.54, 1.807) is 25.1 Å². The second kappa shape index (κ2) is 6.41. The summed E-state index contributed by atoms with van der Waals surface area (Å²) >= 11 is 0. The lowest BCUT2D eigenvalue weighted by atomic mass is 10.2. The van der Waals surface area contributed by atoms with Gasteiger partial charge in [0.1, 0.15) is 0 Å². The van der Waals surface area contributed by atoms with E-state index in [0.29, 0.717) is 22.5 Å². The molecule has 4 aromatic rings. The number of rotatable bonds is 3. The molecule has 0 aliphatic carbocycles. The molecule has 0 unspecified atom stereocenters. The van der Waals surface area contributed by atoms with Crippen LogP contribution in [0.15, 0.2) is 68.6 Å². The van der Waals surface area contributed by atoms with Crippen molar-refractivity contribution in [3.05, 3.63) is 86.8 Å². The Balaban J connectivity index is 1.70. The van der Waals surface area contributed by atoms with E-state index in [0.717, 1.165) is 5.69 Å². The Kier molecular flexibility index (Phi) is 3.92. The number of carbonyl (C=O) groups excluding carboxylic acids is 1. The highest BCUT2D eigenvalue weighted by Crippen LogP contribution is 2.16. The van der Waals surface area contributed by atoms with Gasteiger partial charge in [-0.3, -0.25) is 14.6 Å². The number of hydrogen-bond acceptors (Lipinski definition) is 5. The number of nitrogens with zero attached hydrogens (tertiary/aromatic N) is 2. The second-order valence-electron chi connectivity index (χ2n) is 5.93. The molecule has 0 saturated carbocycles. The molecule has 0 saturated heterocycles. The summed E-state index contributed by atoms with van der Waals surface area (Å²) in [5.41, 5.74) is 1.86. The van der Waals surface area contributed by atoms with E-state index in [1.165, 1.54) is 10.7 Å². The highest BCUT2D eigenvalue weighted by molar-refractivity contribution is 6.03. The van der Waals surface area contributed by atoms with Crippen molar-refractivity contribution >= 4 is 22.7 Å². The fraction of sp³-hybridized carbons (Fsp3) is 0.0526. The van der Waals surface area contributed by atoms with Crippen LogP contribution in [0.3, 0.4) is 0 Å². The van der Waals surface area contributed by atoms with Gasteiger partial charge in [-0.1, -0.05) is 18.2 Å². The molecule has 8 nitrogen and oxygen atoms in total. The lowest BCUT2D eigenvalue weighted by molar-refractivity contribution is 0.101.